The van der Waals surface area contributed by atoms with Crippen molar-refractivity contribution in [3.05, 3.63) is 42.2 Å². The zero-order chi connectivity index (χ0) is 13.1. The number of nitrogens with zero attached hydrogens (tertiary/aromatic N) is 3. The first-order valence-electron chi connectivity index (χ1n) is 6.88. The Balaban J connectivity index is 1.73. The van der Waals surface area contributed by atoms with Crippen LogP contribution >= 0.6 is 0 Å². The number of nitrogens with one attached hydrogen (secondary N) is 1. The molecule has 0 aliphatic carbocycles. The van der Waals surface area contributed by atoms with Crippen LogP contribution in [0.1, 0.15) is 12.0 Å². The molecule has 0 bridgehead atoms. The van der Waals surface area contributed by atoms with E-state index in [2.05, 4.69) is 45.8 Å². The first-order valence-corrected chi connectivity index (χ1v) is 6.88. The van der Waals surface area contributed by atoms with Gasteiger partial charge in [-0.1, -0.05) is 12.1 Å². The minimum absolute atomic E-state index is 1.04. The Morgan fingerprint density at radius 3 is 3.05 bits per heavy atom. The average Bonchev–Trinajstić information content (AvgIpc) is 2.73. The van der Waals surface area contributed by atoms with Crippen LogP contribution in [0, 0.1) is 0 Å². The molecule has 19 heavy (non-hydrogen) atoms. The van der Waals surface area contributed by atoms with E-state index in [-0.39, 0.29) is 0 Å². The van der Waals surface area contributed by atoms with Crippen molar-refractivity contribution < 1.29 is 0 Å². The average molecular weight is 256 g/mol. The minimum Gasteiger partial charge on any atom is -0.383 e. The third-order valence-electron chi connectivity index (χ3n) is 3.59. The molecule has 4 nitrogen and oxygen atoms in total. The number of hydrogen-bond donors (Lipinski definition) is 1. The van der Waals surface area contributed by atoms with E-state index in [1.807, 2.05) is 17.9 Å². The first-order chi connectivity index (χ1) is 9.33. The number of aromatic nitrogens is 2. The van der Waals surface area contributed by atoms with Crippen molar-refractivity contribution in [1.82, 2.24) is 9.78 Å². The van der Waals surface area contributed by atoms with Crippen molar-refractivity contribution in [2.75, 3.05) is 29.9 Å². The summed E-state index contributed by atoms with van der Waals surface area (Å²) in [5.74, 6) is 0. The smallest absolute Gasteiger partial charge is 0.0602 e. The largest absolute Gasteiger partial charge is 0.383 e. The molecule has 1 aromatic heterocycles. The van der Waals surface area contributed by atoms with Crippen LogP contribution in [0.4, 0.5) is 11.4 Å². The SMILES string of the molecule is Cn1cc(CCN2CCCNc3ccccc32)cn1. The van der Waals surface area contributed by atoms with Gasteiger partial charge >= 0.3 is 0 Å². The van der Waals surface area contributed by atoms with E-state index in [0.717, 1.165) is 26.1 Å². The molecule has 2 heterocycles. The highest BCUT2D eigenvalue weighted by molar-refractivity contribution is 5.70. The molecule has 1 aliphatic rings. The summed E-state index contributed by atoms with van der Waals surface area (Å²) in [6.07, 6.45) is 6.29. The lowest BCUT2D eigenvalue weighted by molar-refractivity contribution is 0.750. The number of hydrogen-bond acceptors (Lipinski definition) is 3. The van der Waals surface area contributed by atoms with Crippen molar-refractivity contribution in [3.8, 4) is 0 Å². The quantitative estimate of drug-likeness (QED) is 0.914. The molecule has 0 fully saturated rings. The molecule has 3 rings (SSSR count). The Bertz CT molecular complexity index is 547. The summed E-state index contributed by atoms with van der Waals surface area (Å²) in [5, 5.41) is 7.73. The monoisotopic (exact) mass is 256 g/mol. The predicted molar refractivity (Wildman–Crippen MR) is 78.7 cm³/mol. The third-order valence-corrected chi connectivity index (χ3v) is 3.59. The molecule has 4 heteroatoms. The zero-order valence-corrected chi connectivity index (χ0v) is 11.3. The Kier molecular flexibility index (Phi) is 3.40. The molecule has 0 saturated heterocycles. The van der Waals surface area contributed by atoms with Crippen molar-refractivity contribution in [3.63, 3.8) is 0 Å². The van der Waals surface area contributed by atoms with E-state index < -0.39 is 0 Å². The summed E-state index contributed by atoms with van der Waals surface area (Å²) in [6, 6.07) is 8.58. The molecule has 2 aromatic rings. The van der Waals surface area contributed by atoms with Crippen LogP contribution in [0.15, 0.2) is 36.7 Å². The van der Waals surface area contributed by atoms with E-state index >= 15 is 0 Å². The highest BCUT2D eigenvalue weighted by atomic mass is 15.2. The van der Waals surface area contributed by atoms with Crippen molar-refractivity contribution in [2.45, 2.75) is 12.8 Å². The van der Waals surface area contributed by atoms with Gasteiger partial charge in [0.15, 0.2) is 0 Å². The summed E-state index contributed by atoms with van der Waals surface area (Å²) in [7, 11) is 1.97. The number of aryl methyl sites for hydroxylation is 1. The molecular formula is C15H20N4. The maximum Gasteiger partial charge on any atom is 0.0602 e. The summed E-state index contributed by atoms with van der Waals surface area (Å²) in [4.78, 5) is 2.47. The van der Waals surface area contributed by atoms with Gasteiger partial charge in [0.25, 0.3) is 0 Å². The standard InChI is InChI=1S/C15H20N4/c1-18-12-13(11-17-18)7-10-19-9-4-8-16-14-5-2-3-6-15(14)19/h2-3,5-6,11-12,16H,4,7-10H2,1H3. The highest BCUT2D eigenvalue weighted by Gasteiger charge is 2.14. The van der Waals surface area contributed by atoms with Gasteiger partial charge in [-0.05, 0) is 30.5 Å². The van der Waals surface area contributed by atoms with Gasteiger partial charge in [0.2, 0.25) is 0 Å². The van der Waals surface area contributed by atoms with Gasteiger partial charge < -0.3 is 10.2 Å². The van der Waals surface area contributed by atoms with Crippen LogP contribution in [0.25, 0.3) is 0 Å². The third kappa shape index (κ3) is 2.72. The molecule has 1 N–H and O–H groups in total. The number of benzene rings is 1. The van der Waals surface area contributed by atoms with E-state index in [1.165, 1.54) is 23.4 Å². The van der Waals surface area contributed by atoms with Crippen molar-refractivity contribution >= 4 is 11.4 Å². The van der Waals surface area contributed by atoms with Gasteiger partial charge in [0.1, 0.15) is 0 Å². The zero-order valence-electron chi connectivity index (χ0n) is 11.3. The number of rotatable bonds is 3. The molecule has 0 amide bonds. The molecule has 1 aliphatic heterocycles. The van der Waals surface area contributed by atoms with Gasteiger partial charge in [-0.2, -0.15) is 5.10 Å². The lowest BCUT2D eigenvalue weighted by Crippen LogP contribution is -2.26. The van der Waals surface area contributed by atoms with Crippen LogP contribution in [0.2, 0.25) is 0 Å². The van der Waals surface area contributed by atoms with Gasteiger partial charge in [-0.15, -0.1) is 0 Å². The Morgan fingerprint density at radius 2 is 2.21 bits per heavy atom. The number of para-hydroxylation sites is 2. The van der Waals surface area contributed by atoms with Crippen molar-refractivity contribution in [1.29, 1.82) is 0 Å². The van der Waals surface area contributed by atoms with Crippen molar-refractivity contribution in [2.24, 2.45) is 7.05 Å². The second-order valence-electron chi connectivity index (χ2n) is 5.06. The van der Waals surface area contributed by atoms with Crippen LogP contribution in [0.5, 0.6) is 0 Å². The lowest BCUT2D eigenvalue weighted by Gasteiger charge is -2.24. The maximum absolute atomic E-state index is 4.23. The van der Waals surface area contributed by atoms with E-state index in [1.54, 1.807) is 0 Å². The fraction of sp³-hybridized carbons (Fsp3) is 0.400. The Hall–Kier alpha value is -1.97. The van der Waals surface area contributed by atoms with E-state index in [0.29, 0.717) is 0 Å². The predicted octanol–water partition coefficient (Wildman–Crippen LogP) is 2.28. The first kappa shape index (κ1) is 12.1. The molecule has 0 spiro atoms. The number of anilines is 2. The van der Waals surface area contributed by atoms with Gasteiger partial charge in [0, 0.05) is 32.9 Å². The molecular weight excluding hydrogens is 236 g/mol. The van der Waals surface area contributed by atoms with Crippen LogP contribution in [-0.4, -0.2) is 29.4 Å². The van der Waals surface area contributed by atoms with Crippen LogP contribution in [-0.2, 0) is 13.5 Å². The van der Waals surface area contributed by atoms with Gasteiger partial charge in [-0.25, -0.2) is 0 Å². The Labute approximate surface area is 114 Å². The molecule has 0 radical (unpaired) electrons. The molecule has 0 unspecified atom stereocenters. The van der Waals surface area contributed by atoms with Gasteiger partial charge in [0.05, 0.1) is 17.6 Å². The van der Waals surface area contributed by atoms with E-state index in [9.17, 15) is 0 Å². The second-order valence-corrected chi connectivity index (χ2v) is 5.06. The summed E-state index contributed by atoms with van der Waals surface area (Å²) in [6.45, 7) is 3.22. The summed E-state index contributed by atoms with van der Waals surface area (Å²) >= 11 is 0. The number of fused-ring (bicyclic) bond motifs is 1. The fourth-order valence-corrected chi connectivity index (χ4v) is 2.61. The molecule has 0 saturated carbocycles. The normalized spacial score (nSPS) is 14.7. The molecule has 0 atom stereocenters. The molecule has 1 aromatic carbocycles. The topological polar surface area (TPSA) is 33.1 Å². The van der Waals surface area contributed by atoms with Crippen LogP contribution < -0.4 is 10.2 Å². The van der Waals surface area contributed by atoms with E-state index in [4.69, 9.17) is 0 Å². The van der Waals surface area contributed by atoms with Crippen LogP contribution in [0.3, 0.4) is 0 Å². The van der Waals surface area contributed by atoms with Gasteiger partial charge in [-0.3, -0.25) is 4.68 Å². The Morgan fingerprint density at radius 1 is 1.32 bits per heavy atom. The lowest BCUT2D eigenvalue weighted by atomic mass is 10.2. The minimum atomic E-state index is 1.04. The highest BCUT2D eigenvalue weighted by Crippen LogP contribution is 2.27. The summed E-state index contributed by atoms with van der Waals surface area (Å²) in [5.41, 5.74) is 3.88. The fourth-order valence-electron chi connectivity index (χ4n) is 2.61. The summed E-state index contributed by atoms with van der Waals surface area (Å²) < 4.78 is 1.87. The second kappa shape index (κ2) is 5.34. The molecule has 100 valence electrons. The maximum atomic E-state index is 4.23.